The van der Waals surface area contributed by atoms with E-state index in [2.05, 4.69) is 25.3 Å². The van der Waals surface area contributed by atoms with Crippen molar-refractivity contribution in [3.8, 4) is 0 Å². The third-order valence-corrected chi connectivity index (χ3v) is 9.55. The second-order valence-corrected chi connectivity index (χ2v) is 15.2. The van der Waals surface area contributed by atoms with Gasteiger partial charge in [-0.1, -0.05) is 116 Å². The molecule has 1 saturated carbocycles. The Bertz CT molecular complexity index is 922. The minimum Gasteiger partial charge on any atom is -0.462 e. The number of unbranched alkanes of at least 4 members (excludes halogenated alkanes) is 11. The van der Waals surface area contributed by atoms with E-state index in [9.17, 15) is 29.5 Å². The molecule has 0 aliphatic heterocycles. The van der Waals surface area contributed by atoms with Crippen molar-refractivity contribution in [1.82, 2.24) is 0 Å². The number of rotatable bonds is 29. The zero-order valence-corrected chi connectivity index (χ0v) is 30.8. The van der Waals surface area contributed by atoms with Gasteiger partial charge in [-0.2, -0.15) is 0 Å². The van der Waals surface area contributed by atoms with Crippen molar-refractivity contribution in [2.75, 3.05) is 13.2 Å². The van der Waals surface area contributed by atoms with E-state index in [1.54, 1.807) is 6.08 Å². The Kier molecular flexibility index (Phi) is 24.6. The molecule has 282 valence electrons. The molecule has 0 radical (unpaired) electrons. The third-order valence-electron chi connectivity index (χ3n) is 9.06. The molecule has 6 atom stereocenters. The van der Waals surface area contributed by atoms with Gasteiger partial charge in [0.1, 0.15) is 6.61 Å². The van der Waals surface area contributed by atoms with Crippen LogP contribution in [0.15, 0.2) is 12.2 Å². The van der Waals surface area contributed by atoms with Crippen molar-refractivity contribution in [2.24, 2.45) is 17.8 Å². The van der Waals surface area contributed by atoms with Gasteiger partial charge >= 0.3 is 19.8 Å². The number of phosphoric ester groups is 1. The van der Waals surface area contributed by atoms with Crippen LogP contribution in [0.4, 0.5) is 0 Å². The fourth-order valence-corrected chi connectivity index (χ4v) is 6.60. The Morgan fingerprint density at radius 2 is 1.38 bits per heavy atom. The SMILES string of the molecule is CCCCC[C@H](O)/C=C/[C@@H]1[C@@H](CCCCCCC(=O)O[C@H](COC(=O)CCCCCCCCCC(C)C)COP(=O)(O)O)[C@@H](O)C[C@H]1O. The number of phosphoric acid groups is 1. The Hall–Kier alpha value is -1.33. The van der Waals surface area contributed by atoms with Gasteiger partial charge in [0.05, 0.1) is 24.9 Å². The maximum Gasteiger partial charge on any atom is 0.469 e. The molecule has 0 aromatic carbocycles. The number of hydrogen-bond donors (Lipinski definition) is 5. The van der Waals surface area contributed by atoms with E-state index in [1.807, 2.05) is 6.08 Å². The summed E-state index contributed by atoms with van der Waals surface area (Å²) in [5.74, 6) is -0.582. The molecule has 0 saturated heterocycles. The molecule has 11 nitrogen and oxygen atoms in total. The van der Waals surface area contributed by atoms with E-state index in [1.165, 1.54) is 25.7 Å². The van der Waals surface area contributed by atoms with Gasteiger partial charge < -0.3 is 34.6 Å². The predicted molar refractivity (Wildman–Crippen MR) is 186 cm³/mol. The van der Waals surface area contributed by atoms with Gasteiger partial charge in [-0.15, -0.1) is 0 Å². The predicted octanol–water partition coefficient (Wildman–Crippen LogP) is 6.91. The molecule has 0 amide bonds. The summed E-state index contributed by atoms with van der Waals surface area (Å²) in [4.78, 5) is 42.8. The largest absolute Gasteiger partial charge is 0.469 e. The minimum atomic E-state index is -4.80. The van der Waals surface area contributed by atoms with Crippen molar-refractivity contribution in [2.45, 2.75) is 174 Å². The van der Waals surface area contributed by atoms with Crippen molar-refractivity contribution in [1.29, 1.82) is 0 Å². The van der Waals surface area contributed by atoms with Crippen LogP contribution in [0.2, 0.25) is 0 Å². The molecule has 48 heavy (non-hydrogen) atoms. The van der Waals surface area contributed by atoms with Gasteiger partial charge in [0.2, 0.25) is 0 Å². The molecule has 0 spiro atoms. The minimum absolute atomic E-state index is 0.0872. The van der Waals surface area contributed by atoms with Crippen LogP contribution in [0.25, 0.3) is 0 Å². The molecular weight excluding hydrogens is 639 g/mol. The number of carbonyl (C=O) groups excluding carboxylic acids is 2. The van der Waals surface area contributed by atoms with Crippen LogP contribution in [0, 0.1) is 17.8 Å². The molecule has 5 N–H and O–H groups in total. The molecular formula is C36H67O11P. The molecule has 0 heterocycles. The number of carbonyl (C=O) groups is 2. The average Bonchev–Trinajstić information content (AvgIpc) is 3.28. The standard InChI is InChI=1S/C36H67O11P/c1-4-5-13-19-29(37)23-24-32-31(33(38)25-34(32)39)20-15-11-12-17-22-36(41)47-30(27-46-48(42,43)44)26-45-35(40)21-16-10-8-6-7-9-14-18-28(2)3/h23-24,28-34,37-39H,4-22,25-27H2,1-3H3,(H2,42,43,44)/b24-23+/t29-,30+,31+,32+,33-,34+/m0/s1. The average molecular weight is 707 g/mol. The molecule has 0 aromatic rings. The fraction of sp³-hybridized carbons (Fsp3) is 0.889. The normalized spacial score (nSPS) is 21.2. The highest BCUT2D eigenvalue weighted by Crippen LogP contribution is 2.38. The van der Waals surface area contributed by atoms with Gasteiger partial charge in [0.25, 0.3) is 0 Å². The van der Waals surface area contributed by atoms with E-state index in [-0.39, 0.29) is 31.3 Å². The van der Waals surface area contributed by atoms with Crippen LogP contribution < -0.4 is 0 Å². The number of aliphatic hydroxyl groups is 3. The van der Waals surface area contributed by atoms with Gasteiger partial charge in [0, 0.05) is 25.2 Å². The molecule has 1 aliphatic carbocycles. The maximum atomic E-state index is 12.5. The second-order valence-electron chi connectivity index (χ2n) is 14.0. The monoisotopic (exact) mass is 706 g/mol. The van der Waals surface area contributed by atoms with Crippen LogP contribution in [-0.4, -0.2) is 74.7 Å². The topological polar surface area (TPSA) is 180 Å². The van der Waals surface area contributed by atoms with Gasteiger partial charge in [-0.3, -0.25) is 14.1 Å². The first-order valence-corrected chi connectivity index (χ1v) is 20.1. The van der Waals surface area contributed by atoms with Crippen LogP contribution in [-0.2, 0) is 28.2 Å². The molecule has 1 rings (SSSR count). The van der Waals surface area contributed by atoms with Gasteiger partial charge in [-0.05, 0) is 37.5 Å². The number of aliphatic hydroxyl groups excluding tert-OH is 3. The Labute approximate surface area is 289 Å². The summed E-state index contributed by atoms with van der Waals surface area (Å²) in [6.07, 6.45) is 17.4. The summed E-state index contributed by atoms with van der Waals surface area (Å²) in [5.41, 5.74) is 0. The zero-order chi connectivity index (χ0) is 35.8. The smallest absolute Gasteiger partial charge is 0.462 e. The summed E-state index contributed by atoms with van der Waals surface area (Å²) in [7, 11) is -4.80. The number of esters is 2. The van der Waals surface area contributed by atoms with E-state index < -0.39 is 50.8 Å². The first kappa shape index (κ1) is 44.7. The molecule has 1 aliphatic rings. The lowest BCUT2D eigenvalue weighted by Gasteiger charge is -2.21. The van der Waals surface area contributed by atoms with Crippen LogP contribution in [0.3, 0.4) is 0 Å². The quantitative estimate of drug-likeness (QED) is 0.0236. The highest BCUT2D eigenvalue weighted by molar-refractivity contribution is 7.46. The summed E-state index contributed by atoms with van der Waals surface area (Å²) in [6, 6.07) is 0. The Morgan fingerprint density at radius 3 is 2.00 bits per heavy atom. The third kappa shape index (κ3) is 23.1. The van der Waals surface area contributed by atoms with E-state index in [0.29, 0.717) is 25.7 Å². The lowest BCUT2D eigenvalue weighted by molar-refractivity contribution is -0.161. The molecule has 0 unspecified atom stereocenters. The molecule has 1 fully saturated rings. The molecule has 0 aromatic heterocycles. The highest BCUT2D eigenvalue weighted by Gasteiger charge is 2.39. The van der Waals surface area contributed by atoms with Crippen LogP contribution in [0.5, 0.6) is 0 Å². The van der Waals surface area contributed by atoms with E-state index in [0.717, 1.165) is 70.1 Å². The van der Waals surface area contributed by atoms with Crippen molar-refractivity contribution in [3.05, 3.63) is 12.2 Å². The van der Waals surface area contributed by atoms with Gasteiger partial charge in [-0.25, -0.2) is 4.57 Å². The van der Waals surface area contributed by atoms with E-state index >= 15 is 0 Å². The summed E-state index contributed by atoms with van der Waals surface area (Å²) >= 11 is 0. The molecule has 0 bridgehead atoms. The lowest BCUT2D eigenvalue weighted by atomic mass is 9.88. The van der Waals surface area contributed by atoms with Crippen LogP contribution >= 0.6 is 7.82 Å². The van der Waals surface area contributed by atoms with Crippen molar-refractivity contribution in [3.63, 3.8) is 0 Å². The highest BCUT2D eigenvalue weighted by atomic mass is 31.2. The number of ether oxygens (including phenoxy) is 2. The zero-order valence-electron chi connectivity index (χ0n) is 29.9. The first-order valence-electron chi connectivity index (χ1n) is 18.6. The summed E-state index contributed by atoms with van der Waals surface area (Å²) in [5, 5.41) is 31.2. The lowest BCUT2D eigenvalue weighted by Crippen LogP contribution is -2.29. The molecule has 12 heteroatoms. The van der Waals surface area contributed by atoms with Crippen LogP contribution in [0.1, 0.15) is 149 Å². The van der Waals surface area contributed by atoms with Crippen molar-refractivity contribution >= 4 is 19.8 Å². The Morgan fingerprint density at radius 1 is 0.792 bits per heavy atom. The maximum absolute atomic E-state index is 12.5. The van der Waals surface area contributed by atoms with Crippen molar-refractivity contribution < 1.29 is 53.3 Å². The van der Waals surface area contributed by atoms with Gasteiger partial charge in [0.15, 0.2) is 6.10 Å². The second kappa shape index (κ2) is 26.5. The first-order chi connectivity index (χ1) is 22.8. The fourth-order valence-electron chi connectivity index (χ4n) is 6.24. The Balaban J connectivity index is 2.34. The summed E-state index contributed by atoms with van der Waals surface area (Å²) < 4.78 is 26.3. The van der Waals surface area contributed by atoms with E-state index in [4.69, 9.17) is 19.3 Å². The summed E-state index contributed by atoms with van der Waals surface area (Å²) in [6.45, 7) is 5.64. The number of hydrogen-bond acceptors (Lipinski definition) is 9.